The third kappa shape index (κ3) is 4.70. The molecule has 5 rings (SSSR count). The molecule has 3 aromatic rings. The Kier molecular flexibility index (Phi) is 6.04. The van der Waals surface area contributed by atoms with Gasteiger partial charge in [0.25, 0.3) is 0 Å². The maximum atomic E-state index is 13.5. The lowest BCUT2D eigenvalue weighted by atomic mass is 9.71. The van der Waals surface area contributed by atoms with Gasteiger partial charge in [0, 0.05) is 16.7 Å². The van der Waals surface area contributed by atoms with Crippen molar-refractivity contribution in [3.8, 4) is 11.1 Å². The molecule has 0 bridgehead atoms. The molecule has 0 radical (unpaired) electrons. The summed E-state index contributed by atoms with van der Waals surface area (Å²) in [6, 6.07) is 23.5. The lowest BCUT2D eigenvalue weighted by Crippen LogP contribution is -2.28. The normalized spacial score (nSPS) is 16.2. The van der Waals surface area contributed by atoms with Crippen molar-refractivity contribution in [1.82, 2.24) is 5.01 Å². The van der Waals surface area contributed by atoms with Crippen LogP contribution in [0, 0.1) is 10.8 Å². The molecule has 0 atom stereocenters. The number of thiophene rings is 1. The molecule has 0 amide bonds. The van der Waals surface area contributed by atoms with Gasteiger partial charge in [-0.2, -0.15) is 0 Å². The van der Waals surface area contributed by atoms with E-state index < -0.39 is 0 Å². The van der Waals surface area contributed by atoms with E-state index in [0.717, 1.165) is 34.8 Å². The second-order valence-electron chi connectivity index (χ2n) is 11.6. The lowest BCUT2D eigenvalue weighted by molar-refractivity contribution is -0.114. The molecule has 4 heteroatoms. The number of nitrogens with zero attached hydrogens (tertiary/aromatic N) is 2. The SMILES string of the molecule is CC(C)(C)C1=CC(=C(c2cccs2)N2CN2c2ccc(-c3ccccc3)cc2)C=C(C(C)(C)C)C1=O. The van der Waals surface area contributed by atoms with Gasteiger partial charge in [0.2, 0.25) is 0 Å². The van der Waals surface area contributed by atoms with Gasteiger partial charge in [0.1, 0.15) is 6.67 Å². The Balaban J connectivity index is 1.56. The molecule has 1 aliphatic carbocycles. The summed E-state index contributed by atoms with van der Waals surface area (Å²) in [6.45, 7) is 13.6. The van der Waals surface area contributed by atoms with E-state index in [4.69, 9.17) is 0 Å². The zero-order chi connectivity index (χ0) is 25.7. The van der Waals surface area contributed by atoms with Crippen LogP contribution in [0.2, 0.25) is 0 Å². The van der Waals surface area contributed by atoms with Crippen molar-refractivity contribution in [3.05, 3.63) is 106 Å². The summed E-state index contributed by atoms with van der Waals surface area (Å²) in [4.78, 5) is 14.7. The molecular formula is C32H34N2OS. The van der Waals surface area contributed by atoms with E-state index in [9.17, 15) is 4.79 Å². The van der Waals surface area contributed by atoms with Crippen molar-refractivity contribution >= 4 is 28.5 Å². The van der Waals surface area contributed by atoms with Gasteiger partial charge in [0.15, 0.2) is 5.78 Å². The van der Waals surface area contributed by atoms with Crippen LogP contribution in [-0.2, 0) is 4.79 Å². The van der Waals surface area contributed by atoms with Crippen molar-refractivity contribution in [2.45, 2.75) is 41.5 Å². The monoisotopic (exact) mass is 494 g/mol. The number of allylic oxidation sites excluding steroid dienone is 5. The number of carbonyl (C=O) groups is 1. The molecule has 1 aromatic heterocycles. The minimum atomic E-state index is -0.237. The predicted octanol–water partition coefficient (Wildman–Crippen LogP) is 8.35. The number of rotatable bonds is 4. The fourth-order valence-corrected chi connectivity index (χ4v) is 5.47. The maximum absolute atomic E-state index is 13.5. The van der Waals surface area contributed by atoms with Gasteiger partial charge in [-0.3, -0.25) is 14.8 Å². The molecule has 2 heterocycles. The zero-order valence-corrected chi connectivity index (χ0v) is 22.8. The molecule has 1 aliphatic heterocycles. The summed E-state index contributed by atoms with van der Waals surface area (Å²) in [6.07, 6.45) is 4.25. The molecule has 0 N–H and O–H groups in total. The highest BCUT2D eigenvalue weighted by atomic mass is 32.1. The van der Waals surface area contributed by atoms with Gasteiger partial charge < -0.3 is 0 Å². The highest BCUT2D eigenvalue weighted by Gasteiger charge is 2.39. The van der Waals surface area contributed by atoms with Crippen molar-refractivity contribution in [2.75, 3.05) is 11.7 Å². The molecule has 1 fully saturated rings. The molecule has 184 valence electrons. The first-order chi connectivity index (χ1) is 17.0. The number of hydrogen-bond donors (Lipinski definition) is 0. The minimum Gasteiger partial charge on any atom is -0.289 e. The van der Waals surface area contributed by atoms with Crippen molar-refractivity contribution < 1.29 is 4.79 Å². The highest BCUT2D eigenvalue weighted by Crippen LogP contribution is 2.44. The van der Waals surface area contributed by atoms with E-state index in [-0.39, 0.29) is 16.6 Å². The Bertz CT molecular complexity index is 1330. The number of carbonyl (C=O) groups excluding carboxylic acids is 1. The summed E-state index contributed by atoms with van der Waals surface area (Å²) in [7, 11) is 0. The summed E-state index contributed by atoms with van der Waals surface area (Å²) < 4.78 is 0. The molecule has 0 spiro atoms. The predicted molar refractivity (Wildman–Crippen MR) is 152 cm³/mol. The van der Waals surface area contributed by atoms with Crippen LogP contribution in [-0.4, -0.2) is 17.5 Å². The van der Waals surface area contributed by atoms with Crippen LogP contribution in [0.15, 0.2) is 101 Å². The third-order valence-corrected chi connectivity index (χ3v) is 7.61. The molecule has 0 unspecified atom stereocenters. The van der Waals surface area contributed by atoms with Gasteiger partial charge in [-0.25, -0.2) is 0 Å². The van der Waals surface area contributed by atoms with E-state index in [1.807, 2.05) is 6.07 Å². The minimum absolute atomic E-state index is 0.170. The number of benzene rings is 2. The van der Waals surface area contributed by atoms with Gasteiger partial charge in [-0.1, -0.05) is 90.1 Å². The number of anilines is 1. The molecule has 3 nitrogen and oxygen atoms in total. The Labute approximate surface area is 219 Å². The van der Waals surface area contributed by atoms with Crippen molar-refractivity contribution in [3.63, 3.8) is 0 Å². The second-order valence-corrected chi connectivity index (χ2v) is 12.5. The topological polar surface area (TPSA) is 23.1 Å². The average molecular weight is 495 g/mol. The second kappa shape index (κ2) is 8.94. The fraction of sp³-hybridized carbons (Fsp3) is 0.281. The third-order valence-electron chi connectivity index (χ3n) is 6.74. The molecule has 36 heavy (non-hydrogen) atoms. The first kappa shape index (κ1) is 24.3. The number of hydrogen-bond acceptors (Lipinski definition) is 4. The molecular weight excluding hydrogens is 460 g/mol. The van der Waals surface area contributed by atoms with Gasteiger partial charge in [0.05, 0.1) is 16.3 Å². The Morgan fingerprint density at radius 1 is 0.750 bits per heavy atom. The van der Waals surface area contributed by atoms with Crippen LogP contribution in [0.1, 0.15) is 46.4 Å². The summed E-state index contributed by atoms with van der Waals surface area (Å²) in [5.74, 6) is 0.170. The fourth-order valence-electron chi connectivity index (χ4n) is 4.68. The quantitative estimate of drug-likeness (QED) is 0.340. The van der Waals surface area contributed by atoms with Crippen LogP contribution in [0.4, 0.5) is 5.69 Å². The number of ketones is 1. The summed E-state index contributed by atoms with van der Waals surface area (Å²) >= 11 is 1.74. The smallest absolute Gasteiger partial charge is 0.186 e. The van der Waals surface area contributed by atoms with Crippen LogP contribution >= 0.6 is 11.3 Å². The Morgan fingerprint density at radius 2 is 1.33 bits per heavy atom. The van der Waals surface area contributed by atoms with Gasteiger partial charge >= 0.3 is 0 Å². The van der Waals surface area contributed by atoms with E-state index in [1.165, 1.54) is 16.0 Å². The van der Waals surface area contributed by atoms with E-state index in [2.05, 4.69) is 130 Å². The van der Waals surface area contributed by atoms with E-state index in [1.54, 1.807) is 11.3 Å². The van der Waals surface area contributed by atoms with Crippen LogP contribution in [0.3, 0.4) is 0 Å². The summed E-state index contributed by atoms with van der Waals surface area (Å²) in [5.41, 5.74) is 7.14. The zero-order valence-electron chi connectivity index (χ0n) is 22.0. The Morgan fingerprint density at radius 3 is 1.86 bits per heavy atom. The molecule has 2 aliphatic rings. The Hall–Kier alpha value is -3.37. The molecule has 2 aromatic carbocycles. The molecule has 0 saturated carbocycles. The largest absolute Gasteiger partial charge is 0.289 e. The lowest BCUT2D eigenvalue weighted by Gasteiger charge is -2.32. The van der Waals surface area contributed by atoms with E-state index >= 15 is 0 Å². The van der Waals surface area contributed by atoms with Crippen LogP contribution in [0.25, 0.3) is 16.8 Å². The van der Waals surface area contributed by atoms with Crippen molar-refractivity contribution in [1.29, 1.82) is 0 Å². The van der Waals surface area contributed by atoms with Crippen LogP contribution in [0.5, 0.6) is 0 Å². The van der Waals surface area contributed by atoms with E-state index in [0.29, 0.717) is 0 Å². The first-order valence-corrected chi connectivity index (χ1v) is 13.4. The summed E-state index contributed by atoms with van der Waals surface area (Å²) in [5, 5.41) is 6.74. The maximum Gasteiger partial charge on any atom is 0.186 e. The number of Topliss-reactive ketones (excluding diaryl/α,β-unsaturated/α-hetero) is 1. The molecule has 1 saturated heterocycles. The van der Waals surface area contributed by atoms with Gasteiger partial charge in [-0.05, 0) is 57.7 Å². The standard InChI is InChI=1S/C32H34N2OS/c1-31(2,3)26-19-24(20-27(30(26)35)32(4,5)6)29(28-13-10-18-36-28)34-21-33(34)25-16-14-23(15-17-25)22-11-8-7-9-12-22/h7-20H,21H2,1-6H3. The van der Waals surface area contributed by atoms with Crippen molar-refractivity contribution in [2.24, 2.45) is 10.8 Å². The van der Waals surface area contributed by atoms with Gasteiger partial charge in [-0.15, -0.1) is 11.3 Å². The first-order valence-electron chi connectivity index (χ1n) is 12.5. The van der Waals surface area contributed by atoms with Crippen LogP contribution < -0.4 is 5.01 Å². The average Bonchev–Trinajstić information content (AvgIpc) is 3.42. The highest BCUT2D eigenvalue weighted by molar-refractivity contribution is 7.11. The number of hydrazine groups is 1.